The highest BCUT2D eigenvalue weighted by Crippen LogP contribution is 2.32. The van der Waals surface area contributed by atoms with E-state index in [1.54, 1.807) is 0 Å². The maximum absolute atomic E-state index is 12.0. The largest absolute Gasteiger partial charge is 0.379 e. The van der Waals surface area contributed by atoms with E-state index in [9.17, 15) is 4.79 Å². The van der Waals surface area contributed by atoms with E-state index in [-0.39, 0.29) is 5.91 Å². The Balaban J connectivity index is 1.26. The van der Waals surface area contributed by atoms with E-state index in [1.165, 1.54) is 25.7 Å². The standard InChI is InChI=1S/C16H29N3O2/c20-16(12-13-10-14-2-3-15(11-13)18-14)17-4-1-5-19-6-8-21-9-7-19/h13-15,18H,1-12H2,(H,17,20). The Kier molecular flexibility index (Phi) is 5.49. The summed E-state index contributed by atoms with van der Waals surface area (Å²) in [6.45, 7) is 5.65. The maximum Gasteiger partial charge on any atom is 0.220 e. The molecule has 3 aliphatic rings. The number of morpholine rings is 1. The Morgan fingerprint density at radius 1 is 1.19 bits per heavy atom. The topological polar surface area (TPSA) is 53.6 Å². The first-order chi connectivity index (χ1) is 10.3. The van der Waals surface area contributed by atoms with Crippen LogP contribution in [0, 0.1) is 5.92 Å². The molecule has 0 aromatic carbocycles. The van der Waals surface area contributed by atoms with Crippen LogP contribution in [0.3, 0.4) is 0 Å². The summed E-state index contributed by atoms with van der Waals surface area (Å²) in [5.41, 5.74) is 0. The predicted octanol–water partition coefficient (Wildman–Crippen LogP) is 0.746. The zero-order valence-electron chi connectivity index (χ0n) is 13.0. The van der Waals surface area contributed by atoms with E-state index in [1.807, 2.05) is 0 Å². The van der Waals surface area contributed by atoms with Crippen molar-refractivity contribution in [3.63, 3.8) is 0 Å². The van der Waals surface area contributed by atoms with Crippen molar-refractivity contribution < 1.29 is 9.53 Å². The van der Waals surface area contributed by atoms with E-state index in [0.717, 1.165) is 52.2 Å². The van der Waals surface area contributed by atoms with Gasteiger partial charge in [0.15, 0.2) is 0 Å². The molecule has 0 aliphatic carbocycles. The number of piperidine rings is 1. The lowest BCUT2D eigenvalue weighted by molar-refractivity contribution is -0.122. The third kappa shape index (κ3) is 4.66. The molecule has 3 rings (SSSR count). The van der Waals surface area contributed by atoms with Gasteiger partial charge in [0.2, 0.25) is 5.91 Å². The van der Waals surface area contributed by atoms with Crippen LogP contribution in [-0.4, -0.2) is 62.3 Å². The van der Waals surface area contributed by atoms with Crippen LogP contribution >= 0.6 is 0 Å². The molecule has 0 radical (unpaired) electrons. The van der Waals surface area contributed by atoms with Crippen molar-refractivity contribution in [3.8, 4) is 0 Å². The summed E-state index contributed by atoms with van der Waals surface area (Å²) >= 11 is 0. The van der Waals surface area contributed by atoms with Crippen molar-refractivity contribution in [2.24, 2.45) is 5.92 Å². The molecule has 1 amide bonds. The van der Waals surface area contributed by atoms with Crippen molar-refractivity contribution in [2.75, 3.05) is 39.4 Å². The van der Waals surface area contributed by atoms with Gasteiger partial charge in [-0.3, -0.25) is 9.69 Å². The first-order valence-electron chi connectivity index (χ1n) is 8.62. The van der Waals surface area contributed by atoms with Gasteiger partial charge in [0, 0.05) is 38.1 Å². The number of nitrogens with zero attached hydrogens (tertiary/aromatic N) is 1. The molecule has 0 spiro atoms. The molecule has 2 unspecified atom stereocenters. The highest BCUT2D eigenvalue weighted by atomic mass is 16.5. The molecule has 2 bridgehead atoms. The van der Waals surface area contributed by atoms with Crippen molar-refractivity contribution in [1.29, 1.82) is 0 Å². The molecule has 2 atom stereocenters. The van der Waals surface area contributed by atoms with Gasteiger partial charge in [0.25, 0.3) is 0 Å². The van der Waals surface area contributed by atoms with Gasteiger partial charge in [0.05, 0.1) is 13.2 Å². The Morgan fingerprint density at radius 3 is 2.62 bits per heavy atom. The van der Waals surface area contributed by atoms with Gasteiger partial charge in [-0.05, 0) is 44.6 Å². The highest BCUT2D eigenvalue weighted by Gasteiger charge is 2.34. The number of amides is 1. The third-order valence-electron chi connectivity index (χ3n) is 5.12. The van der Waals surface area contributed by atoms with Gasteiger partial charge in [-0.2, -0.15) is 0 Å². The summed E-state index contributed by atoms with van der Waals surface area (Å²) in [4.78, 5) is 14.4. The second-order valence-corrected chi connectivity index (χ2v) is 6.84. The van der Waals surface area contributed by atoms with Gasteiger partial charge in [-0.25, -0.2) is 0 Å². The van der Waals surface area contributed by atoms with E-state index < -0.39 is 0 Å². The zero-order valence-corrected chi connectivity index (χ0v) is 13.0. The second kappa shape index (κ2) is 7.56. The molecule has 3 saturated heterocycles. The van der Waals surface area contributed by atoms with Crippen molar-refractivity contribution in [3.05, 3.63) is 0 Å². The van der Waals surface area contributed by atoms with Crippen LogP contribution in [0.5, 0.6) is 0 Å². The minimum atomic E-state index is 0.253. The highest BCUT2D eigenvalue weighted by molar-refractivity contribution is 5.76. The molecular formula is C16H29N3O2. The average molecular weight is 295 g/mol. The zero-order chi connectivity index (χ0) is 14.5. The maximum atomic E-state index is 12.0. The Bertz CT molecular complexity index is 332. The predicted molar refractivity (Wildman–Crippen MR) is 82.2 cm³/mol. The number of fused-ring (bicyclic) bond motifs is 2. The number of hydrogen-bond donors (Lipinski definition) is 2. The summed E-state index contributed by atoms with van der Waals surface area (Å²) in [6, 6.07) is 1.37. The Hall–Kier alpha value is -0.650. The molecule has 21 heavy (non-hydrogen) atoms. The molecule has 3 heterocycles. The molecule has 3 aliphatic heterocycles. The van der Waals surface area contributed by atoms with Crippen LogP contribution in [0.1, 0.15) is 38.5 Å². The van der Waals surface area contributed by atoms with Gasteiger partial charge in [0.1, 0.15) is 0 Å². The van der Waals surface area contributed by atoms with Crippen LogP contribution in [0.25, 0.3) is 0 Å². The Labute approximate surface area is 127 Å². The molecule has 2 N–H and O–H groups in total. The fourth-order valence-electron chi connectivity index (χ4n) is 4.03. The molecule has 0 aromatic heterocycles. The average Bonchev–Trinajstić information content (AvgIpc) is 2.84. The lowest BCUT2D eigenvalue weighted by Gasteiger charge is -2.28. The SMILES string of the molecule is O=C(CC1CC2CCC(C1)N2)NCCCN1CCOCC1. The number of carbonyl (C=O) groups is 1. The summed E-state index contributed by atoms with van der Waals surface area (Å²) in [5, 5.41) is 6.74. The molecule has 0 saturated carbocycles. The van der Waals surface area contributed by atoms with Gasteiger partial charge < -0.3 is 15.4 Å². The number of hydrogen-bond acceptors (Lipinski definition) is 4. The minimum absolute atomic E-state index is 0.253. The minimum Gasteiger partial charge on any atom is -0.379 e. The van der Waals surface area contributed by atoms with E-state index >= 15 is 0 Å². The quantitative estimate of drug-likeness (QED) is 0.710. The van der Waals surface area contributed by atoms with Crippen LogP contribution in [0.2, 0.25) is 0 Å². The number of carbonyl (C=O) groups excluding carboxylic acids is 1. The van der Waals surface area contributed by atoms with Crippen LogP contribution in [0.15, 0.2) is 0 Å². The van der Waals surface area contributed by atoms with Crippen LogP contribution < -0.4 is 10.6 Å². The van der Waals surface area contributed by atoms with Crippen LogP contribution in [-0.2, 0) is 9.53 Å². The summed E-state index contributed by atoms with van der Waals surface area (Å²) in [7, 11) is 0. The smallest absolute Gasteiger partial charge is 0.220 e. The first-order valence-corrected chi connectivity index (χ1v) is 8.62. The van der Waals surface area contributed by atoms with E-state index in [0.29, 0.717) is 18.0 Å². The van der Waals surface area contributed by atoms with Gasteiger partial charge in [-0.1, -0.05) is 0 Å². The fourth-order valence-corrected chi connectivity index (χ4v) is 4.03. The van der Waals surface area contributed by atoms with Crippen molar-refractivity contribution in [1.82, 2.24) is 15.5 Å². The van der Waals surface area contributed by atoms with Gasteiger partial charge >= 0.3 is 0 Å². The summed E-state index contributed by atoms with van der Waals surface area (Å²) < 4.78 is 5.33. The van der Waals surface area contributed by atoms with Crippen molar-refractivity contribution >= 4 is 5.91 Å². The number of rotatable bonds is 6. The molecular weight excluding hydrogens is 266 g/mol. The lowest BCUT2D eigenvalue weighted by Crippen LogP contribution is -2.40. The van der Waals surface area contributed by atoms with Gasteiger partial charge in [-0.15, -0.1) is 0 Å². The molecule has 0 aromatic rings. The summed E-state index contributed by atoms with van der Waals surface area (Å²) in [6.07, 6.45) is 6.77. The number of ether oxygens (including phenoxy) is 1. The fraction of sp³-hybridized carbons (Fsp3) is 0.938. The number of nitrogens with one attached hydrogen (secondary N) is 2. The normalized spacial score (nSPS) is 33.0. The second-order valence-electron chi connectivity index (χ2n) is 6.84. The lowest BCUT2D eigenvalue weighted by atomic mass is 9.89. The monoisotopic (exact) mass is 295 g/mol. The van der Waals surface area contributed by atoms with Crippen molar-refractivity contribution in [2.45, 2.75) is 50.6 Å². The Morgan fingerprint density at radius 2 is 1.90 bits per heavy atom. The van der Waals surface area contributed by atoms with E-state index in [2.05, 4.69) is 15.5 Å². The summed E-state index contributed by atoms with van der Waals surface area (Å²) in [5.74, 6) is 0.853. The third-order valence-corrected chi connectivity index (χ3v) is 5.12. The molecule has 3 fully saturated rings. The molecule has 5 heteroatoms. The molecule has 5 nitrogen and oxygen atoms in total. The molecule has 120 valence electrons. The van der Waals surface area contributed by atoms with Crippen LogP contribution in [0.4, 0.5) is 0 Å². The van der Waals surface area contributed by atoms with E-state index in [4.69, 9.17) is 4.74 Å². The first kappa shape index (κ1) is 15.3.